The summed E-state index contributed by atoms with van der Waals surface area (Å²) < 4.78 is 5.10. The minimum atomic E-state index is 0.364. The van der Waals surface area contributed by atoms with Gasteiger partial charge >= 0.3 is 6.01 Å². The molecule has 0 aliphatic carbocycles. The topological polar surface area (TPSA) is 63.2 Å². The minimum absolute atomic E-state index is 0.364. The van der Waals surface area contributed by atoms with Gasteiger partial charge in [0.05, 0.1) is 7.11 Å². The zero-order valence-electron chi connectivity index (χ0n) is 11.3. The summed E-state index contributed by atoms with van der Waals surface area (Å²) in [5.41, 5.74) is 0. The van der Waals surface area contributed by atoms with Crippen molar-refractivity contribution < 1.29 is 4.74 Å². The van der Waals surface area contributed by atoms with Crippen LogP contribution < -0.4 is 15.0 Å². The van der Waals surface area contributed by atoms with Gasteiger partial charge in [0.15, 0.2) is 0 Å². The molecule has 2 rings (SSSR count). The van der Waals surface area contributed by atoms with Crippen molar-refractivity contribution in [3.63, 3.8) is 0 Å². The van der Waals surface area contributed by atoms with Gasteiger partial charge in [0, 0.05) is 20.1 Å². The molecule has 100 valence electrons. The Morgan fingerprint density at radius 3 is 2.89 bits per heavy atom. The minimum Gasteiger partial charge on any atom is -0.467 e. The van der Waals surface area contributed by atoms with E-state index < -0.39 is 0 Å². The first-order chi connectivity index (χ1) is 8.76. The van der Waals surface area contributed by atoms with E-state index >= 15 is 0 Å². The molecule has 0 radical (unpaired) electrons. The molecular weight excluding hydrogens is 230 g/mol. The van der Waals surface area contributed by atoms with Crippen LogP contribution in [0.4, 0.5) is 11.9 Å². The lowest BCUT2D eigenvalue weighted by Crippen LogP contribution is -2.23. The number of nitrogens with one attached hydrogen (secondary N) is 1. The number of aromatic nitrogens is 3. The van der Waals surface area contributed by atoms with Crippen LogP contribution in [-0.2, 0) is 0 Å². The first kappa shape index (κ1) is 12.9. The maximum atomic E-state index is 5.10. The molecule has 6 nitrogen and oxygen atoms in total. The van der Waals surface area contributed by atoms with E-state index in [9.17, 15) is 0 Å². The van der Waals surface area contributed by atoms with Crippen molar-refractivity contribution in [1.29, 1.82) is 0 Å². The number of methoxy groups -OCH3 is 1. The number of rotatable bonds is 5. The van der Waals surface area contributed by atoms with Gasteiger partial charge in [-0.15, -0.1) is 0 Å². The highest BCUT2D eigenvalue weighted by Crippen LogP contribution is 2.25. The van der Waals surface area contributed by atoms with Crippen LogP contribution in [0.3, 0.4) is 0 Å². The predicted molar refractivity (Wildman–Crippen MR) is 71.2 cm³/mol. The van der Waals surface area contributed by atoms with Gasteiger partial charge in [-0.2, -0.15) is 15.0 Å². The molecular formula is C12H21N5O. The third-order valence-electron chi connectivity index (χ3n) is 3.27. The average Bonchev–Trinajstić information content (AvgIpc) is 2.87. The number of hydrogen-bond donors (Lipinski definition) is 1. The molecule has 1 aromatic heterocycles. The fraction of sp³-hybridized carbons (Fsp3) is 0.750. The van der Waals surface area contributed by atoms with E-state index in [-0.39, 0.29) is 0 Å². The summed E-state index contributed by atoms with van der Waals surface area (Å²) in [4.78, 5) is 15.0. The van der Waals surface area contributed by atoms with E-state index in [1.807, 2.05) is 0 Å². The summed E-state index contributed by atoms with van der Waals surface area (Å²) in [6.07, 6.45) is 3.73. The summed E-state index contributed by atoms with van der Waals surface area (Å²) in [6, 6.07) is 0.364. The molecule has 0 bridgehead atoms. The normalized spacial score (nSPS) is 19.1. The quantitative estimate of drug-likeness (QED) is 0.856. The Morgan fingerprint density at radius 1 is 1.39 bits per heavy atom. The Morgan fingerprint density at radius 2 is 2.22 bits per heavy atom. The summed E-state index contributed by atoms with van der Waals surface area (Å²) in [5, 5.41) is 2.93. The van der Waals surface area contributed by atoms with Gasteiger partial charge in [-0.1, -0.05) is 13.3 Å². The first-order valence-corrected chi connectivity index (χ1v) is 6.49. The van der Waals surface area contributed by atoms with E-state index in [2.05, 4.69) is 32.1 Å². The van der Waals surface area contributed by atoms with E-state index in [1.54, 1.807) is 14.2 Å². The zero-order valence-corrected chi connectivity index (χ0v) is 11.3. The lowest BCUT2D eigenvalue weighted by Gasteiger charge is -2.17. The molecule has 1 aromatic rings. The highest BCUT2D eigenvalue weighted by Gasteiger charge is 2.24. The second-order valence-corrected chi connectivity index (χ2v) is 4.59. The third kappa shape index (κ3) is 2.80. The Labute approximate surface area is 108 Å². The second-order valence-electron chi connectivity index (χ2n) is 4.59. The monoisotopic (exact) mass is 251 g/mol. The van der Waals surface area contributed by atoms with Crippen LogP contribution >= 0.6 is 0 Å². The lowest BCUT2D eigenvalue weighted by molar-refractivity contribution is 0.379. The van der Waals surface area contributed by atoms with E-state index in [1.165, 1.54) is 19.3 Å². The summed E-state index contributed by atoms with van der Waals surface area (Å²) >= 11 is 0. The van der Waals surface area contributed by atoms with E-state index in [4.69, 9.17) is 4.74 Å². The Hall–Kier alpha value is -1.59. The molecule has 1 aliphatic heterocycles. The summed E-state index contributed by atoms with van der Waals surface area (Å²) in [7, 11) is 3.37. The molecule has 1 aliphatic rings. The van der Waals surface area contributed by atoms with Crippen LogP contribution in [0.1, 0.15) is 26.2 Å². The predicted octanol–water partition coefficient (Wildman–Crippen LogP) is 1.55. The third-order valence-corrected chi connectivity index (χ3v) is 3.27. The molecule has 1 saturated heterocycles. The zero-order chi connectivity index (χ0) is 13.0. The van der Waals surface area contributed by atoms with Crippen molar-refractivity contribution in [1.82, 2.24) is 15.0 Å². The van der Waals surface area contributed by atoms with Crippen molar-refractivity contribution in [3.05, 3.63) is 0 Å². The van der Waals surface area contributed by atoms with E-state index in [0.717, 1.165) is 19.0 Å². The van der Waals surface area contributed by atoms with Crippen LogP contribution in [0.5, 0.6) is 6.01 Å². The van der Waals surface area contributed by atoms with Gasteiger partial charge in [0.2, 0.25) is 11.9 Å². The highest BCUT2D eigenvalue weighted by atomic mass is 16.5. The number of nitrogens with zero attached hydrogens (tertiary/aromatic N) is 4. The molecule has 2 heterocycles. The number of anilines is 2. The van der Waals surface area contributed by atoms with Gasteiger partial charge in [-0.3, -0.25) is 0 Å². The van der Waals surface area contributed by atoms with Crippen LogP contribution in [0, 0.1) is 5.92 Å². The molecule has 0 aromatic carbocycles. The molecule has 6 heteroatoms. The molecule has 0 saturated carbocycles. The maximum Gasteiger partial charge on any atom is 0.322 e. The van der Waals surface area contributed by atoms with Crippen LogP contribution in [0.2, 0.25) is 0 Å². The SMILES string of the molecule is CCCC1CCN(c2nc(NC)nc(OC)n2)C1. The molecule has 0 amide bonds. The number of hydrogen-bond acceptors (Lipinski definition) is 6. The van der Waals surface area contributed by atoms with Gasteiger partial charge in [-0.05, 0) is 18.8 Å². The number of ether oxygens (including phenoxy) is 1. The van der Waals surface area contributed by atoms with Crippen molar-refractivity contribution in [2.45, 2.75) is 26.2 Å². The summed E-state index contributed by atoms with van der Waals surface area (Å²) in [5.74, 6) is 2.02. The molecule has 1 atom stereocenters. The molecule has 1 unspecified atom stereocenters. The average molecular weight is 251 g/mol. The Bertz CT molecular complexity index is 376. The molecule has 0 spiro atoms. The van der Waals surface area contributed by atoms with E-state index in [0.29, 0.717) is 17.9 Å². The fourth-order valence-corrected chi connectivity index (χ4v) is 2.35. The van der Waals surface area contributed by atoms with Gasteiger partial charge in [-0.25, -0.2) is 0 Å². The molecule has 18 heavy (non-hydrogen) atoms. The van der Waals surface area contributed by atoms with Gasteiger partial charge in [0.1, 0.15) is 0 Å². The highest BCUT2D eigenvalue weighted by molar-refractivity contribution is 5.39. The smallest absolute Gasteiger partial charge is 0.322 e. The first-order valence-electron chi connectivity index (χ1n) is 6.49. The Kier molecular flexibility index (Phi) is 4.17. The van der Waals surface area contributed by atoms with Crippen LogP contribution in [0.25, 0.3) is 0 Å². The molecule has 1 N–H and O–H groups in total. The fourth-order valence-electron chi connectivity index (χ4n) is 2.35. The Balaban J connectivity index is 2.13. The van der Waals surface area contributed by atoms with Gasteiger partial charge < -0.3 is 15.0 Å². The van der Waals surface area contributed by atoms with Crippen molar-refractivity contribution in [2.24, 2.45) is 5.92 Å². The lowest BCUT2D eigenvalue weighted by atomic mass is 10.0. The second kappa shape index (κ2) is 5.84. The van der Waals surface area contributed by atoms with Crippen molar-refractivity contribution in [2.75, 3.05) is 37.5 Å². The largest absolute Gasteiger partial charge is 0.467 e. The van der Waals surface area contributed by atoms with Crippen molar-refractivity contribution >= 4 is 11.9 Å². The van der Waals surface area contributed by atoms with Gasteiger partial charge in [0.25, 0.3) is 0 Å². The van der Waals surface area contributed by atoms with Crippen LogP contribution in [-0.4, -0.2) is 42.2 Å². The maximum absolute atomic E-state index is 5.10. The van der Waals surface area contributed by atoms with Crippen LogP contribution in [0.15, 0.2) is 0 Å². The molecule has 1 fully saturated rings. The standard InChI is InChI=1S/C12H21N5O/c1-4-5-9-6-7-17(8-9)11-14-10(13-2)15-12(16-11)18-3/h9H,4-8H2,1-3H3,(H,13,14,15,16). The summed E-state index contributed by atoms with van der Waals surface area (Å²) in [6.45, 7) is 4.28. The van der Waals surface area contributed by atoms with Crippen molar-refractivity contribution in [3.8, 4) is 6.01 Å².